The second kappa shape index (κ2) is 7.21. The SMILES string of the molecule is CC(=O)Nc1cc(NC(=O)C2CCCN2)ccc1F.Cl. The molecule has 1 atom stereocenters. The number of benzene rings is 1. The molecule has 110 valence electrons. The quantitative estimate of drug-likeness (QED) is 0.798. The summed E-state index contributed by atoms with van der Waals surface area (Å²) in [5.74, 6) is -1.04. The van der Waals surface area contributed by atoms with Crippen molar-refractivity contribution in [3.8, 4) is 0 Å². The Kier molecular flexibility index (Phi) is 5.91. The van der Waals surface area contributed by atoms with Crippen LogP contribution >= 0.6 is 12.4 Å². The molecule has 1 fully saturated rings. The van der Waals surface area contributed by atoms with E-state index in [-0.39, 0.29) is 36.0 Å². The van der Waals surface area contributed by atoms with Gasteiger partial charge in [0.15, 0.2) is 0 Å². The van der Waals surface area contributed by atoms with Gasteiger partial charge < -0.3 is 16.0 Å². The summed E-state index contributed by atoms with van der Waals surface area (Å²) in [6.07, 6.45) is 1.77. The first-order valence-electron chi connectivity index (χ1n) is 6.17. The molecule has 0 spiro atoms. The molecule has 3 N–H and O–H groups in total. The molecule has 0 aromatic heterocycles. The summed E-state index contributed by atoms with van der Waals surface area (Å²) < 4.78 is 13.4. The fourth-order valence-electron chi connectivity index (χ4n) is 2.03. The fourth-order valence-corrected chi connectivity index (χ4v) is 2.03. The molecule has 0 aliphatic carbocycles. The van der Waals surface area contributed by atoms with E-state index >= 15 is 0 Å². The molecule has 1 aliphatic heterocycles. The first-order chi connectivity index (χ1) is 9.06. The van der Waals surface area contributed by atoms with E-state index in [1.807, 2.05) is 0 Å². The van der Waals surface area contributed by atoms with Crippen LogP contribution in [0.4, 0.5) is 15.8 Å². The average molecular weight is 302 g/mol. The molecule has 2 amide bonds. The van der Waals surface area contributed by atoms with E-state index in [2.05, 4.69) is 16.0 Å². The van der Waals surface area contributed by atoms with Crippen molar-refractivity contribution in [2.75, 3.05) is 17.2 Å². The Morgan fingerprint density at radius 2 is 2.10 bits per heavy atom. The van der Waals surface area contributed by atoms with Gasteiger partial charge >= 0.3 is 0 Å². The molecule has 7 heteroatoms. The summed E-state index contributed by atoms with van der Waals surface area (Å²) in [7, 11) is 0. The van der Waals surface area contributed by atoms with Crippen molar-refractivity contribution < 1.29 is 14.0 Å². The molecule has 0 bridgehead atoms. The third kappa shape index (κ3) is 4.18. The van der Waals surface area contributed by atoms with Crippen LogP contribution in [-0.4, -0.2) is 24.4 Å². The van der Waals surface area contributed by atoms with Crippen LogP contribution < -0.4 is 16.0 Å². The first kappa shape index (κ1) is 16.4. The highest BCUT2D eigenvalue weighted by molar-refractivity contribution is 5.96. The Morgan fingerprint density at radius 1 is 1.35 bits per heavy atom. The van der Waals surface area contributed by atoms with E-state index in [9.17, 15) is 14.0 Å². The van der Waals surface area contributed by atoms with Crippen molar-refractivity contribution in [2.45, 2.75) is 25.8 Å². The summed E-state index contributed by atoms with van der Waals surface area (Å²) in [5.41, 5.74) is 0.522. The lowest BCUT2D eigenvalue weighted by Gasteiger charge is -2.12. The van der Waals surface area contributed by atoms with Crippen LogP contribution in [0, 0.1) is 5.82 Å². The number of hydrogen-bond donors (Lipinski definition) is 3. The molecule has 1 unspecified atom stereocenters. The van der Waals surface area contributed by atoms with Crippen molar-refractivity contribution in [1.29, 1.82) is 0 Å². The minimum Gasteiger partial charge on any atom is -0.325 e. The van der Waals surface area contributed by atoms with Crippen LogP contribution in [0.25, 0.3) is 0 Å². The molecule has 1 saturated heterocycles. The molecule has 0 saturated carbocycles. The van der Waals surface area contributed by atoms with Gasteiger partial charge in [0.05, 0.1) is 11.7 Å². The van der Waals surface area contributed by atoms with E-state index in [0.717, 1.165) is 19.4 Å². The Labute approximate surface area is 122 Å². The standard InChI is InChI=1S/C13H16FN3O2.ClH/c1-8(18)16-12-7-9(4-5-10(12)14)17-13(19)11-3-2-6-15-11;/h4-5,7,11,15H,2-3,6H2,1H3,(H,16,18)(H,17,19);1H. The first-order valence-corrected chi connectivity index (χ1v) is 6.17. The van der Waals surface area contributed by atoms with Crippen LogP contribution in [0.2, 0.25) is 0 Å². The molecular weight excluding hydrogens is 285 g/mol. The molecule has 1 aromatic rings. The lowest BCUT2D eigenvalue weighted by molar-refractivity contribution is -0.117. The van der Waals surface area contributed by atoms with Crippen molar-refractivity contribution >= 4 is 35.6 Å². The van der Waals surface area contributed by atoms with Crippen molar-refractivity contribution in [2.24, 2.45) is 0 Å². The second-order valence-electron chi connectivity index (χ2n) is 4.51. The third-order valence-corrected chi connectivity index (χ3v) is 2.92. The maximum absolute atomic E-state index is 13.4. The molecule has 2 rings (SSSR count). The molecular formula is C13H17ClFN3O2. The molecule has 1 heterocycles. The van der Waals surface area contributed by atoms with Gasteiger partial charge in [-0.15, -0.1) is 12.4 Å². The van der Waals surface area contributed by atoms with E-state index in [1.165, 1.54) is 25.1 Å². The van der Waals surface area contributed by atoms with Gasteiger partial charge in [0, 0.05) is 12.6 Å². The number of rotatable bonds is 3. The van der Waals surface area contributed by atoms with Gasteiger partial charge in [0.1, 0.15) is 5.82 Å². The van der Waals surface area contributed by atoms with Crippen molar-refractivity contribution in [1.82, 2.24) is 5.32 Å². The predicted octanol–water partition coefficient (Wildman–Crippen LogP) is 1.90. The van der Waals surface area contributed by atoms with Crippen LogP contribution in [-0.2, 0) is 9.59 Å². The van der Waals surface area contributed by atoms with Gasteiger partial charge in [-0.3, -0.25) is 9.59 Å². The Balaban J connectivity index is 0.00000200. The predicted molar refractivity (Wildman–Crippen MR) is 77.6 cm³/mol. The van der Waals surface area contributed by atoms with E-state index in [1.54, 1.807) is 0 Å². The van der Waals surface area contributed by atoms with Crippen LogP contribution in [0.3, 0.4) is 0 Å². The maximum Gasteiger partial charge on any atom is 0.241 e. The van der Waals surface area contributed by atoms with E-state index in [4.69, 9.17) is 0 Å². The summed E-state index contributed by atoms with van der Waals surface area (Å²) in [6, 6.07) is 3.88. The van der Waals surface area contributed by atoms with Gasteiger partial charge in [-0.25, -0.2) is 4.39 Å². The minimum absolute atomic E-state index is 0. The molecule has 1 aromatic carbocycles. The Morgan fingerprint density at radius 3 is 2.70 bits per heavy atom. The summed E-state index contributed by atoms with van der Waals surface area (Å²) in [6.45, 7) is 2.13. The van der Waals surface area contributed by atoms with Crippen molar-refractivity contribution in [3.63, 3.8) is 0 Å². The van der Waals surface area contributed by atoms with E-state index in [0.29, 0.717) is 5.69 Å². The van der Waals surface area contributed by atoms with Gasteiger partial charge in [0.2, 0.25) is 11.8 Å². The van der Waals surface area contributed by atoms with E-state index < -0.39 is 5.82 Å². The third-order valence-electron chi connectivity index (χ3n) is 2.92. The normalized spacial score (nSPS) is 17.2. The van der Waals surface area contributed by atoms with Crippen LogP contribution in [0.1, 0.15) is 19.8 Å². The fraction of sp³-hybridized carbons (Fsp3) is 0.385. The smallest absolute Gasteiger partial charge is 0.241 e. The molecule has 5 nitrogen and oxygen atoms in total. The number of anilines is 2. The lowest BCUT2D eigenvalue weighted by Crippen LogP contribution is -2.35. The summed E-state index contributed by atoms with van der Waals surface area (Å²) in [5, 5.41) is 8.16. The summed E-state index contributed by atoms with van der Waals surface area (Å²) in [4.78, 5) is 22.8. The van der Waals surface area contributed by atoms with Gasteiger partial charge in [0.25, 0.3) is 0 Å². The molecule has 20 heavy (non-hydrogen) atoms. The van der Waals surface area contributed by atoms with Crippen LogP contribution in [0.15, 0.2) is 18.2 Å². The summed E-state index contributed by atoms with van der Waals surface area (Å²) >= 11 is 0. The lowest BCUT2D eigenvalue weighted by atomic mass is 10.2. The number of hydrogen-bond acceptors (Lipinski definition) is 3. The highest BCUT2D eigenvalue weighted by atomic mass is 35.5. The van der Waals surface area contributed by atoms with Gasteiger partial charge in [-0.2, -0.15) is 0 Å². The second-order valence-corrected chi connectivity index (χ2v) is 4.51. The maximum atomic E-state index is 13.4. The highest BCUT2D eigenvalue weighted by Crippen LogP contribution is 2.20. The molecule has 1 aliphatic rings. The number of carbonyl (C=O) groups is 2. The Bertz CT molecular complexity index is 504. The van der Waals surface area contributed by atoms with Crippen molar-refractivity contribution in [3.05, 3.63) is 24.0 Å². The monoisotopic (exact) mass is 301 g/mol. The minimum atomic E-state index is -0.535. The Hall–Kier alpha value is -1.66. The number of amides is 2. The topological polar surface area (TPSA) is 70.2 Å². The van der Waals surface area contributed by atoms with Gasteiger partial charge in [-0.1, -0.05) is 0 Å². The largest absolute Gasteiger partial charge is 0.325 e. The zero-order valence-electron chi connectivity index (χ0n) is 11.0. The number of carbonyl (C=O) groups excluding carboxylic acids is 2. The molecule has 0 radical (unpaired) electrons. The average Bonchev–Trinajstić information content (AvgIpc) is 2.86. The zero-order chi connectivity index (χ0) is 13.8. The van der Waals surface area contributed by atoms with Gasteiger partial charge in [-0.05, 0) is 37.6 Å². The number of halogens is 2. The zero-order valence-corrected chi connectivity index (χ0v) is 11.8. The number of nitrogens with one attached hydrogen (secondary N) is 3. The van der Waals surface area contributed by atoms with Crippen LogP contribution in [0.5, 0.6) is 0 Å². The highest BCUT2D eigenvalue weighted by Gasteiger charge is 2.22.